The van der Waals surface area contributed by atoms with E-state index in [2.05, 4.69) is 0 Å². The van der Waals surface area contributed by atoms with E-state index in [1.807, 2.05) is 32.0 Å². The Labute approximate surface area is 77.5 Å². The molecule has 0 amide bonds. The van der Waals surface area contributed by atoms with Gasteiger partial charge in [-0.3, -0.25) is 4.79 Å². The average molecular weight is 176 g/mol. The maximum absolute atomic E-state index is 11.4. The number of carbonyl (C=O) groups is 1. The normalized spacial score (nSPS) is 10.6. The first-order valence-corrected chi connectivity index (χ1v) is 4.07. The van der Waals surface area contributed by atoms with Gasteiger partial charge in [-0.25, -0.2) is 0 Å². The largest absolute Gasteiger partial charge is 0.515 e. The van der Waals surface area contributed by atoms with Crippen LogP contribution in [0.3, 0.4) is 0 Å². The highest BCUT2D eigenvalue weighted by Gasteiger charge is 2.05. The predicted molar refractivity (Wildman–Crippen MR) is 52.0 cm³/mol. The molecule has 1 rings (SSSR count). The summed E-state index contributed by atoms with van der Waals surface area (Å²) in [6, 6.07) is 5.67. The van der Waals surface area contributed by atoms with Crippen molar-refractivity contribution in [2.24, 2.45) is 0 Å². The van der Waals surface area contributed by atoms with Crippen molar-refractivity contribution in [3.05, 3.63) is 47.2 Å². The molecule has 2 heteroatoms. The van der Waals surface area contributed by atoms with Crippen molar-refractivity contribution in [1.82, 2.24) is 0 Å². The standard InChI is InChI=1S/C11H12O2/c1-8-3-4-9(2)10(7-8)11(13)5-6-12/h3-7,12H,1-2H3/b6-5+. The Morgan fingerprint density at radius 1 is 1.38 bits per heavy atom. The Hall–Kier alpha value is -1.57. The maximum atomic E-state index is 11.4. The molecule has 0 saturated carbocycles. The molecular formula is C11H12O2. The SMILES string of the molecule is Cc1ccc(C)c(C(=O)/C=C/O)c1. The van der Waals surface area contributed by atoms with Crippen LogP contribution in [-0.4, -0.2) is 10.9 Å². The van der Waals surface area contributed by atoms with Crippen LogP contribution < -0.4 is 0 Å². The van der Waals surface area contributed by atoms with E-state index in [-0.39, 0.29) is 5.78 Å². The molecule has 1 aromatic carbocycles. The molecule has 68 valence electrons. The number of hydrogen-bond acceptors (Lipinski definition) is 2. The zero-order valence-electron chi connectivity index (χ0n) is 7.74. The van der Waals surface area contributed by atoms with E-state index in [4.69, 9.17) is 5.11 Å². The molecule has 1 N–H and O–H groups in total. The highest BCUT2D eigenvalue weighted by molar-refractivity contribution is 6.05. The molecule has 13 heavy (non-hydrogen) atoms. The number of aliphatic hydroxyl groups excluding tert-OH is 1. The van der Waals surface area contributed by atoms with E-state index < -0.39 is 0 Å². The van der Waals surface area contributed by atoms with Crippen LogP contribution in [-0.2, 0) is 0 Å². The second kappa shape index (κ2) is 3.90. The summed E-state index contributed by atoms with van der Waals surface area (Å²) in [5.41, 5.74) is 2.61. The second-order valence-electron chi connectivity index (χ2n) is 3.00. The summed E-state index contributed by atoms with van der Waals surface area (Å²) in [6.07, 6.45) is 1.92. The van der Waals surface area contributed by atoms with Gasteiger partial charge in [0.25, 0.3) is 0 Å². The Morgan fingerprint density at radius 3 is 2.69 bits per heavy atom. The molecule has 0 fully saturated rings. The van der Waals surface area contributed by atoms with Crippen molar-refractivity contribution in [2.75, 3.05) is 0 Å². The molecular weight excluding hydrogens is 164 g/mol. The topological polar surface area (TPSA) is 37.3 Å². The number of allylic oxidation sites excluding steroid dienone is 1. The fraction of sp³-hybridized carbons (Fsp3) is 0.182. The fourth-order valence-corrected chi connectivity index (χ4v) is 1.16. The highest BCUT2D eigenvalue weighted by atomic mass is 16.2. The molecule has 1 aromatic rings. The van der Waals surface area contributed by atoms with Gasteiger partial charge < -0.3 is 5.11 Å². The Morgan fingerprint density at radius 2 is 2.08 bits per heavy atom. The first kappa shape index (κ1) is 9.52. The van der Waals surface area contributed by atoms with Crippen LogP contribution in [0.4, 0.5) is 0 Å². The van der Waals surface area contributed by atoms with E-state index in [1.165, 1.54) is 0 Å². The number of aliphatic hydroxyl groups is 1. The van der Waals surface area contributed by atoms with Gasteiger partial charge >= 0.3 is 0 Å². The number of benzene rings is 1. The molecule has 2 nitrogen and oxygen atoms in total. The number of hydrogen-bond donors (Lipinski definition) is 1. The molecule has 0 spiro atoms. The highest BCUT2D eigenvalue weighted by Crippen LogP contribution is 2.11. The van der Waals surface area contributed by atoms with Crippen molar-refractivity contribution in [1.29, 1.82) is 0 Å². The van der Waals surface area contributed by atoms with Crippen LogP contribution in [0.25, 0.3) is 0 Å². The molecule has 0 aromatic heterocycles. The van der Waals surface area contributed by atoms with Gasteiger partial charge in [0.2, 0.25) is 0 Å². The fourth-order valence-electron chi connectivity index (χ4n) is 1.16. The van der Waals surface area contributed by atoms with E-state index >= 15 is 0 Å². The zero-order valence-corrected chi connectivity index (χ0v) is 7.74. The molecule has 0 aliphatic rings. The van der Waals surface area contributed by atoms with E-state index in [9.17, 15) is 4.79 Å². The molecule has 0 unspecified atom stereocenters. The van der Waals surface area contributed by atoms with Crippen LogP contribution in [0, 0.1) is 13.8 Å². The third-order valence-corrected chi connectivity index (χ3v) is 1.88. The second-order valence-corrected chi connectivity index (χ2v) is 3.00. The predicted octanol–water partition coefficient (Wildman–Crippen LogP) is 2.56. The number of aryl methyl sites for hydroxylation is 2. The van der Waals surface area contributed by atoms with Gasteiger partial charge in [0, 0.05) is 11.6 Å². The summed E-state index contributed by atoms with van der Waals surface area (Å²) in [5.74, 6) is -0.163. The number of carbonyl (C=O) groups excluding carboxylic acids is 1. The van der Waals surface area contributed by atoms with Crippen LogP contribution >= 0.6 is 0 Å². The van der Waals surface area contributed by atoms with Crippen molar-refractivity contribution >= 4 is 5.78 Å². The number of rotatable bonds is 2. The van der Waals surface area contributed by atoms with Crippen LogP contribution in [0.1, 0.15) is 21.5 Å². The van der Waals surface area contributed by atoms with E-state index in [0.29, 0.717) is 5.56 Å². The van der Waals surface area contributed by atoms with Gasteiger partial charge in [0.1, 0.15) is 0 Å². The van der Waals surface area contributed by atoms with E-state index in [0.717, 1.165) is 23.5 Å². The minimum Gasteiger partial charge on any atom is -0.515 e. The average Bonchev–Trinajstić information content (AvgIpc) is 2.09. The van der Waals surface area contributed by atoms with Crippen molar-refractivity contribution in [2.45, 2.75) is 13.8 Å². The summed E-state index contributed by atoms with van der Waals surface area (Å²) in [4.78, 5) is 11.4. The Balaban J connectivity index is 3.13. The van der Waals surface area contributed by atoms with Crippen molar-refractivity contribution < 1.29 is 9.90 Å². The first-order chi connectivity index (χ1) is 6.15. The lowest BCUT2D eigenvalue weighted by atomic mass is 10.0. The first-order valence-electron chi connectivity index (χ1n) is 4.07. The van der Waals surface area contributed by atoms with Crippen molar-refractivity contribution in [3.8, 4) is 0 Å². The number of ketones is 1. The van der Waals surface area contributed by atoms with Crippen LogP contribution in [0.15, 0.2) is 30.5 Å². The molecule has 0 bridgehead atoms. The van der Waals surface area contributed by atoms with Gasteiger partial charge in [0.15, 0.2) is 5.78 Å². The monoisotopic (exact) mass is 176 g/mol. The lowest BCUT2D eigenvalue weighted by Crippen LogP contribution is -1.98. The third kappa shape index (κ3) is 2.18. The van der Waals surface area contributed by atoms with Gasteiger partial charge in [-0.2, -0.15) is 0 Å². The van der Waals surface area contributed by atoms with Crippen LogP contribution in [0.5, 0.6) is 0 Å². The summed E-state index contributed by atoms with van der Waals surface area (Å²) >= 11 is 0. The lowest BCUT2D eigenvalue weighted by molar-refractivity contribution is 0.104. The molecule has 0 aliphatic carbocycles. The molecule has 0 radical (unpaired) electrons. The summed E-state index contributed by atoms with van der Waals surface area (Å²) in [7, 11) is 0. The van der Waals surface area contributed by atoms with Crippen molar-refractivity contribution in [3.63, 3.8) is 0 Å². The molecule has 0 atom stereocenters. The minimum absolute atomic E-state index is 0.163. The molecule has 0 saturated heterocycles. The third-order valence-electron chi connectivity index (χ3n) is 1.88. The Bertz CT molecular complexity index is 351. The van der Waals surface area contributed by atoms with Gasteiger partial charge in [-0.05, 0) is 25.5 Å². The van der Waals surface area contributed by atoms with E-state index in [1.54, 1.807) is 0 Å². The lowest BCUT2D eigenvalue weighted by Gasteiger charge is -2.02. The van der Waals surface area contributed by atoms with Crippen LogP contribution in [0.2, 0.25) is 0 Å². The summed E-state index contributed by atoms with van der Waals surface area (Å²) < 4.78 is 0. The quantitative estimate of drug-likeness (QED) is 0.427. The smallest absolute Gasteiger partial charge is 0.189 e. The summed E-state index contributed by atoms with van der Waals surface area (Å²) in [5, 5.41) is 8.46. The maximum Gasteiger partial charge on any atom is 0.189 e. The van der Waals surface area contributed by atoms with Gasteiger partial charge in [0.05, 0.1) is 6.26 Å². The minimum atomic E-state index is -0.163. The summed E-state index contributed by atoms with van der Waals surface area (Å²) in [6.45, 7) is 3.80. The zero-order chi connectivity index (χ0) is 9.84. The molecule has 0 aliphatic heterocycles. The van der Waals surface area contributed by atoms with Gasteiger partial charge in [-0.1, -0.05) is 17.7 Å². The van der Waals surface area contributed by atoms with Gasteiger partial charge in [-0.15, -0.1) is 0 Å². The Kier molecular flexibility index (Phi) is 2.85. The molecule has 0 heterocycles.